The highest BCUT2D eigenvalue weighted by Crippen LogP contribution is 2.28. The van der Waals surface area contributed by atoms with Gasteiger partial charge in [-0.3, -0.25) is 0 Å². The van der Waals surface area contributed by atoms with Crippen LogP contribution in [0.5, 0.6) is 0 Å². The molecule has 0 unspecified atom stereocenters. The minimum Gasteiger partial charge on any atom is -0.356 e. The zero-order chi connectivity index (χ0) is 15.6. The average molecular weight is 303 g/mol. The number of nitriles is 1. The van der Waals surface area contributed by atoms with Gasteiger partial charge in [0.15, 0.2) is 0 Å². The smallest absolute Gasteiger partial charge is 0.128 e. The molecule has 5 heteroatoms. The number of imidazole rings is 1. The average Bonchev–Trinajstić information content (AvgIpc) is 3.06. The minimum absolute atomic E-state index is 0.383. The van der Waals surface area contributed by atoms with Crippen molar-refractivity contribution in [2.24, 2.45) is 0 Å². The number of pyridine rings is 1. The molecule has 1 aliphatic rings. The van der Waals surface area contributed by atoms with Crippen molar-refractivity contribution in [2.45, 2.75) is 18.8 Å². The molecule has 5 nitrogen and oxygen atoms in total. The van der Waals surface area contributed by atoms with E-state index in [1.807, 2.05) is 30.3 Å². The molecular weight excluding hydrogens is 286 g/mol. The maximum Gasteiger partial charge on any atom is 0.128 e. The summed E-state index contributed by atoms with van der Waals surface area (Å²) in [6.07, 6.45) is 3.89. The number of nitrogens with one attached hydrogen (secondary N) is 1. The molecule has 1 N–H and O–H groups in total. The van der Waals surface area contributed by atoms with E-state index in [-0.39, 0.29) is 0 Å². The number of benzene rings is 1. The highest BCUT2D eigenvalue weighted by molar-refractivity contribution is 5.74. The Balaban J connectivity index is 1.57. The fraction of sp³-hybridized carbons (Fsp3) is 0.278. The van der Waals surface area contributed by atoms with Crippen LogP contribution in [0.1, 0.15) is 30.1 Å². The third-order valence-electron chi connectivity index (χ3n) is 4.42. The van der Waals surface area contributed by atoms with Gasteiger partial charge in [0.1, 0.15) is 17.7 Å². The summed E-state index contributed by atoms with van der Waals surface area (Å²) in [6, 6.07) is 14.0. The van der Waals surface area contributed by atoms with E-state index in [0.29, 0.717) is 11.5 Å². The molecule has 1 saturated heterocycles. The zero-order valence-electron chi connectivity index (χ0n) is 12.7. The molecular formula is C18H17N5. The lowest BCUT2D eigenvalue weighted by atomic mass is 9.97. The minimum atomic E-state index is 0.383. The summed E-state index contributed by atoms with van der Waals surface area (Å²) in [4.78, 5) is 14.9. The third-order valence-corrected chi connectivity index (χ3v) is 4.42. The molecule has 3 aromatic rings. The molecule has 4 rings (SSSR count). The molecule has 1 aromatic carbocycles. The van der Waals surface area contributed by atoms with Gasteiger partial charge in [-0.05, 0) is 37.1 Å². The Morgan fingerprint density at radius 1 is 1.22 bits per heavy atom. The lowest BCUT2D eigenvalue weighted by molar-refractivity contribution is 0.492. The Labute approximate surface area is 134 Å². The Morgan fingerprint density at radius 3 is 2.91 bits per heavy atom. The number of hydrogen-bond acceptors (Lipinski definition) is 4. The van der Waals surface area contributed by atoms with E-state index in [2.05, 4.69) is 27.0 Å². The number of fused-ring (bicyclic) bond motifs is 1. The van der Waals surface area contributed by atoms with Crippen molar-refractivity contribution in [3.8, 4) is 6.07 Å². The van der Waals surface area contributed by atoms with Gasteiger partial charge in [-0.15, -0.1) is 0 Å². The van der Waals surface area contributed by atoms with Crippen LogP contribution in [0.25, 0.3) is 11.0 Å². The van der Waals surface area contributed by atoms with Gasteiger partial charge in [-0.2, -0.15) is 5.26 Å². The van der Waals surface area contributed by atoms with Crippen molar-refractivity contribution in [1.82, 2.24) is 15.0 Å². The van der Waals surface area contributed by atoms with Gasteiger partial charge >= 0.3 is 0 Å². The molecule has 0 bridgehead atoms. The maximum atomic E-state index is 8.88. The summed E-state index contributed by atoms with van der Waals surface area (Å²) in [5, 5.41) is 8.88. The van der Waals surface area contributed by atoms with Gasteiger partial charge in [0.25, 0.3) is 0 Å². The molecule has 2 aromatic heterocycles. The lowest BCUT2D eigenvalue weighted by Gasteiger charge is -2.32. The van der Waals surface area contributed by atoms with Gasteiger partial charge in [0, 0.05) is 25.2 Å². The topological polar surface area (TPSA) is 68.6 Å². The predicted octanol–water partition coefficient (Wildman–Crippen LogP) is 3.21. The van der Waals surface area contributed by atoms with Crippen molar-refractivity contribution in [3.63, 3.8) is 0 Å². The summed E-state index contributed by atoms with van der Waals surface area (Å²) < 4.78 is 0. The zero-order valence-corrected chi connectivity index (χ0v) is 12.7. The van der Waals surface area contributed by atoms with Crippen molar-refractivity contribution < 1.29 is 0 Å². The van der Waals surface area contributed by atoms with E-state index in [0.717, 1.165) is 48.6 Å². The largest absolute Gasteiger partial charge is 0.356 e. The van der Waals surface area contributed by atoms with Crippen LogP contribution in [0.3, 0.4) is 0 Å². The van der Waals surface area contributed by atoms with E-state index < -0.39 is 0 Å². The quantitative estimate of drug-likeness (QED) is 0.789. The van der Waals surface area contributed by atoms with Gasteiger partial charge in [-0.1, -0.05) is 12.1 Å². The molecule has 3 heterocycles. The third kappa shape index (κ3) is 2.64. The van der Waals surface area contributed by atoms with E-state index in [9.17, 15) is 0 Å². The monoisotopic (exact) mass is 303 g/mol. The van der Waals surface area contributed by atoms with Gasteiger partial charge in [0.2, 0.25) is 0 Å². The molecule has 0 saturated carbocycles. The normalized spacial score (nSPS) is 18.0. The second kappa shape index (κ2) is 5.73. The summed E-state index contributed by atoms with van der Waals surface area (Å²) in [5.41, 5.74) is 2.71. The Hall–Kier alpha value is -2.87. The second-order valence-corrected chi connectivity index (χ2v) is 5.94. The fourth-order valence-electron chi connectivity index (χ4n) is 3.21. The molecule has 0 radical (unpaired) electrons. The van der Waals surface area contributed by atoms with Crippen molar-refractivity contribution in [1.29, 1.82) is 5.26 Å². The van der Waals surface area contributed by atoms with Crippen LogP contribution in [-0.2, 0) is 0 Å². The first kappa shape index (κ1) is 13.8. The highest BCUT2D eigenvalue weighted by Gasteiger charge is 2.24. The number of H-pyrrole nitrogens is 1. The number of anilines is 1. The Kier molecular flexibility index (Phi) is 3.43. The molecule has 0 spiro atoms. The lowest BCUT2D eigenvalue weighted by Crippen LogP contribution is -2.35. The Bertz CT molecular complexity index is 826. The van der Waals surface area contributed by atoms with Crippen LogP contribution < -0.4 is 4.90 Å². The first-order valence-electron chi connectivity index (χ1n) is 7.89. The molecule has 1 fully saturated rings. The summed E-state index contributed by atoms with van der Waals surface area (Å²) in [5.74, 6) is 2.38. The van der Waals surface area contributed by atoms with Crippen molar-refractivity contribution in [3.05, 3.63) is 54.0 Å². The highest BCUT2D eigenvalue weighted by atomic mass is 15.2. The van der Waals surface area contributed by atoms with Crippen LogP contribution in [0.2, 0.25) is 0 Å². The van der Waals surface area contributed by atoms with E-state index in [1.54, 1.807) is 6.20 Å². The summed E-state index contributed by atoms with van der Waals surface area (Å²) >= 11 is 0. The van der Waals surface area contributed by atoms with Crippen LogP contribution in [-0.4, -0.2) is 28.0 Å². The first-order chi connectivity index (χ1) is 11.3. The first-order valence-corrected chi connectivity index (χ1v) is 7.89. The van der Waals surface area contributed by atoms with E-state index in [4.69, 9.17) is 10.2 Å². The molecule has 23 heavy (non-hydrogen) atoms. The van der Waals surface area contributed by atoms with Gasteiger partial charge < -0.3 is 9.88 Å². The summed E-state index contributed by atoms with van der Waals surface area (Å²) in [6.45, 7) is 1.90. The molecule has 0 aliphatic carbocycles. The number of nitrogens with zero attached hydrogens (tertiary/aromatic N) is 4. The number of para-hydroxylation sites is 2. The van der Waals surface area contributed by atoms with Crippen molar-refractivity contribution in [2.75, 3.05) is 18.0 Å². The number of rotatable bonds is 2. The van der Waals surface area contributed by atoms with Gasteiger partial charge in [0.05, 0.1) is 16.6 Å². The fourth-order valence-corrected chi connectivity index (χ4v) is 3.21. The number of hydrogen-bond donors (Lipinski definition) is 1. The summed E-state index contributed by atoms with van der Waals surface area (Å²) in [7, 11) is 0. The molecule has 114 valence electrons. The predicted molar refractivity (Wildman–Crippen MR) is 89.2 cm³/mol. The van der Waals surface area contributed by atoms with E-state index in [1.165, 1.54) is 0 Å². The number of piperidine rings is 1. The standard InChI is InChI=1S/C18H17N5/c19-10-13-7-8-17(20-11-13)23-9-3-4-14(12-23)18-21-15-5-1-2-6-16(15)22-18/h1-2,5-8,11,14H,3-4,9,12H2,(H,21,22)/t14-/m1/s1. The second-order valence-electron chi connectivity index (χ2n) is 5.94. The van der Waals surface area contributed by atoms with E-state index >= 15 is 0 Å². The number of aromatic amines is 1. The number of aromatic nitrogens is 3. The molecule has 0 amide bonds. The molecule has 1 aliphatic heterocycles. The maximum absolute atomic E-state index is 8.88. The molecule has 1 atom stereocenters. The van der Waals surface area contributed by atoms with Crippen LogP contribution >= 0.6 is 0 Å². The van der Waals surface area contributed by atoms with Crippen molar-refractivity contribution >= 4 is 16.9 Å². The van der Waals surface area contributed by atoms with Crippen LogP contribution in [0.4, 0.5) is 5.82 Å². The Morgan fingerprint density at radius 2 is 2.13 bits per heavy atom. The van der Waals surface area contributed by atoms with Gasteiger partial charge in [-0.25, -0.2) is 9.97 Å². The van der Waals surface area contributed by atoms with Crippen LogP contribution in [0.15, 0.2) is 42.6 Å². The van der Waals surface area contributed by atoms with Crippen LogP contribution in [0, 0.1) is 11.3 Å². The SMILES string of the molecule is N#Cc1ccc(N2CCC[C@@H](c3nc4ccccc4[nH]3)C2)nc1.